The van der Waals surface area contributed by atoms with Crippen molar-refractivity contribution >= 4 is 0 Å². The van der Waals surface area contributed by atoms with Gasteiger partial charge < -0.3 is 5.73 Å². The molecule has 0 aromatic heterocycles. The predicted octanol–water partition coefficient (Wildman–Crippen LogP) is 1.86. The van der Waals surface area contributed by atoms with Crippen LogP contribution in [-0.4, -0.2) is 12.2 Å². The van der Waals surface area contributed by atoms with Gasteiger partial charge in [0.1, 0.15) is 0 Å². The van der Waals surface area contributed by atoms with Gasteiger partial charge in [-0.05, 0) is 33.1 Å². The average Bonchev–Trinajstić information content (AvgIpc) is 1.63. The smallest absolute Gasteiger partial charge is 0.0894 e. The van der Waals surface area contributed by atoms with Gasteiger partial charge in [0.15, 0.2) is 0 Å². The van der Waals surface area contributed by atoms with E-state index in [1.165, 1.54) is 0 Å². The van der Waals surface area contributed by atoms with Crippen LogP contribution in [0.2, 0.25) is 0 Å². The van der Waals surface area contributed by atoms with E-state index in [1.54, 1.807) is 0 Å². The Bertz CT molecular complexity index is 65.8. The summed E-state index contributed by atoms with van der Waals surface area (Å²) >= 11 is 0. The Balaban J connectivity index is 3.07. The number of hydrogen-bond acceptors (Lipinski definition) is 1. The molecule has 0 heterocycles. The van der Waals surface area contributed by atoms with Gasteiger partial charge in [0, 0.05) is 5.54 Å². The number of hydrogen-bond donors (Lipinski definition) is 1. The molecule has 0 saturated heterocycles. The van der Waals surface area contributed by atoms with Crippen LogP contribution in [-0.2, 0) is 0 Å². The average molecular weight is 133 g/mol. The van der Waals surface area contributed by atoms with Crippen molar-refractivity contribution in [2.24, 2.45) is 5.73 Å². The summed E-state index contributed by atoms with van der Waals surface area (Å²) in [6.45, 7) is 3.71. The first-order valence-corrected chi connectivity index (χ1v) is 3.41. The highest BCUT2D eigenvalue weighted by Gasteiger charge is 2.08. The third kappa shape index (κ3) is 7.89. The highest BCUT2D eigenvalue weighted by Crippen LogP contribution is 2.08. The lowest BCUT2D eigenvalue weighted by Gasteiger charge is -2.16. The van der Waals surface area contributed by atoms with Crippen molar-refractivity contribution in [3.8, 4) is 0 Å². The maximum absolute atomic E-state index is 11.5. The second-order valence-electron chi connectivity index (χ2n) is 3.13. The number of alkyl halides is 1. The Labute approximate surface area is 56.4 Å². The molecule has 0 rings (SSSR count). The molecule has 0 unspecified atom stereocenters. The summed E-state index contributed by atoms with van der Waals surface area (Å²) in [6, 6.07) is 0. The fraction of sp³-hybridized carbons (Fsp3) is 1.00. The van der Waals surface area contributed by atoms with E-state index < -0.39 is 0 Å². The molecule has 1 nitrogen and oxygen atoms in total. The highest BCUT2D eigenvalue weighted by molar-refractivity contribution is 4.70. The summed E-state index contributed by atoms with van der Waals surface area (Å²) in [7, 11) is 0. The summed E-state index contributed by atoms with van der Waals surface area (Å²) < 4.78 is 11.5. The zero-order valence-electron chi connectivity index (χ0n) is 6.28. The van der Waals surface area contributed by atoms with Gasteiger partial charge in [-0.25, -0.2) is 0 Å². The van der Waals surface area contributed by atoms with E-state index in [4.69, 9.17) is 5.73 Å². The third-order valence-corrected chi connectivity index (χ3v) is 1.20. The van der Waals surface area contributed by atoms with Crippen LogP contribution in [0.15, 0.2) is 0 Å². The lowest BCUT2D eigenvalue weighted by Crippen LogP contribution is -2.31. The lowest BCUT2D eigenvalue weighted by atomic mass is 9.99. The molecule has 0 atom stereocenters. The molecule has 56 valence electrons. The molecule has 0 aromatic carbocycles. The van der Waals surface area contributed by atoms with Crippen molar-refractivity contribution in [2.45, 2.75) is 38.6 Å². The normalized spacial score (nSPS) is 12.0. The molecule has 2 heteroatoms. The predicted molar refractivity (Wildman–Crippen MR) is 38.1 cm³/mol. The second-order valence-corrected chi connectivity index (χ2v) is 3.13. The van der Waals surface area contributed by atoms with Gasteiger partial charge in [-0.3, -0.25) is 4.39 Å². The fourth-order valence-electron chi connectivity index (χ4n) is 0.675. The van der Waals surface area contributed by atoms with Crippen molar-refractivity contribution in [2.75, 3.05) is 6.67 Å². The molecule has 0 fully saturated rings. The molecule has 0 saturated carbocycles. The van der Waals surface area contributed by atoms with Crippen LogP contribution in [0.25, 0.3) is 0 Å². The van der Waals surface area contributed by atoms with E-state index in [2.05, 4.69) is 0 Å². The Kier molecular flexibility index (Phi) is 3.78. The van der Waals surface area contributed by atoms with Crippen molar-refractivity contribution in [3.63, 3.8) is 0 Å². The van der Waals surface area contributed by atoms with Crippen molar-refractivity contribution in [1.29, 1.82) is 0 Å². The quantitative estimate of drug-likeness (QED) is 0.582. The molecule has 0 radical (unpaired) electrons. The van der Waals surface area contributed by atoms with E-state index in [1.807, 2.05) is 13.8 Å². The number of halogens is 1. The molecule has 2 N–H and O–H groups in total. The summed E-state index contributed by atoms with van der Waals surface area (Å²) in [5.41, 5.74) is 5.54. The van der Waals surface area contributed by atoms with E-state index >= 15 is 0 Å². The molecule has 9 heavy (non-hydrogen) atoms. The third-order valence-electron chi connectivity index (χ3n) is 1.20. The highest BCUT2D eigenvalue weighted by atomic mass is 19.1. The summed E-state index contributed by atoms with van der Waals surface area (Å²) in [5.74, 6) is 0. The first-order valence-electron chi connectivity index (χ1n) is 3.41. The number of nitrogens with two attached hydrogens (primary N) is 1. The monoisotopic (exact) mass is 133 g/mol. The Morgan fingerprint density at radius 2 is 1.89 bits per heavy atom. The van der Waals surface area contributed by atoms with Gasteiger partial charge in [0.25, 0.3) is 0 Å². The van der Waals surface area contributed by atoms with Gasteiger partial charge >= 0.3 is 0 Å². The van der Waals surface area contributed by atoms with Crippen LogP contribution in [0.5, 0.6) is 0 Å². The van der Waals surface area contributed by atoms with Crippen molar-refractivity contribution in [3.05, 3.63) is 0 Å². The Hall–Kier alpha value is -0.110. The van der Waals surface area contributed by atoms with Gasteiger partial charge in [-0.2, -0.15) is 0 Å². The Morgan fingerprint density at radius 1 is 1.33 bits per heavy atom. The van der Waals surface area contributed by atoms with Crippen LogP contribution >= 0.6 is 0 Å². The van der Waals surface area contributed by atoms with Crippen molar-refractivity contribution < 1.29 is 4.39 Å². The van der Waals surface area contributed by atoms with Crippen LogP contribution in [0.4, 0.5) is 4.39 Å². The number of unbranched alkanes of at least 4 members (excludes halogenated alkanes) is 1. The second kappa shape index (κ2) is 3.83. The molecule has 0 aliphatic carbocycles. The topological polar surface area (TPSA) is 26.0 Å². The van der Waals surface area contributed by atoms with Gasteiger partial charge in [0.2, 0.25) is 0 Å². The summed E-state index contributed by atoms with van der Waals surface area (Å²) in [6.07, 6.45) is 2.47. The van der Waals surface area contributed by atoms with Gasteiger partial charge in [0.05, 0.1) is 6.67 Å². The minimum atomic E-state index is -0.212. The molecule has 0 spiro atoms. The largest absolute Gasteiger partial charge is 0.326 e. The standard InChI is InChI=1S/C7H16FN/c1-7(2,9)5-3-4-6-8/h3-6,9H2,1-2H3. The molecule has 0 bridgehead atoms. The van der Waals surface area contributed by atoms with Crippen LogP contribution in [0, 0.1) is 0 Å². The summed E-state index contributed by atoms with van der Waals surface area (Å²) in [5, 5.41) is 0. The van der Waals surface area contributed by atoms with Gasteiger partial charge in [-0.1, -0.05) is 0 Å². The summed E-state index contributed by atoms with van der Waals surface area (Å²) in [4.78, 5) is 0. The maximum Gasteiger partial charge on any atom is 0.0894 e. The first kappa shape index (κ1) is 8.89. The SMILES string of the molecule is CC(C)(N)CCCCF. The van der Waals surface area contributed by atoms with E-state index in [0.717, 1.165) is 12.8 Å². The minimum Gasteiger partial charge on any atom is -0.326 e. The van der Waals surface area contributed by atoms with E-state index in [9.17, 15) is 4.39 Å². The molecule has 0 aromatic rings. The molecule has 0 aliphatic rings. The van der Waals surface area contributed by atoms with Crippen LogP contribution in [0.3, 0.4) is 0 Å². The van der Waals surface area contributed by atoms with Crippen molar-refractivity contribution in [1.82, 2.24) is 0 Å². The zero-order valence-corrected chi connectivity index (χ0v) is 6.28. The molecule has 0 amide bonds. The van der Waals surface area contributed by atoms with Crippen LogP contribution in [0.1, 0.15) is 33.1 Å². The Morgan fingerprint density at radius 3 is 2.22 bits per heavy atom. The van der Waals surface area contributed by atoms with Crippen LogP contribution < -0.4 is 5.73 Å². The molecular weight excluding hydrogens is 117 g/mol. The lowest BCUT2D eigenvalue weighted by molar-refractivity contribution is 0.407. The fourth-order valence-corrected chi connectivity index (χ4v) is 0.675. The minimum absolute atomic E-state index is 0.116. The molecular formula is C7H16FN. The van der Waals surface area contributed by atoms with E-state index in [-0.39, 0.29) is 12.2 Å². The number of rotatable bonds is 4. The van der Waals surface area contributed by atoms with E-state index in [0.29, 0.717) is 6.42 Å². The first-order chi connectivity index (χ1) is 4.06. The zero-order chi connectivity index (χ0) is 7.33. The maximum atomic E-state index is 11.5. The molecule has 0 aliphatic heterocycles. The van der Waals surface area contributed by atoms with Gasteiger partial charge in [-0.15, -0.1) is 0 Å².